The van der Waals surface area contributed by atoms with Crippen LogP contribution in [0.3, 0.4) is 0 Å². The highest BCUT2D eigenvalue weighted by Crippen LogP contribution is 2.47. The number of halogens is 7. The van der Waals surface area contributed by atoms with Gasteiger partial charge in [-0.1, -0.05) is 0 Å². The Bertz CT molecular complexity index is 1390. The number of carbonyl (C=O) groups is 1. The number of alkyl halides is 7. The van der Waals surface area contributed by atoms with E-state index in [1.165, 1.54) is 18.3 Å². The van der Waals surface area contributed by atoms with Crippen LogP contribution >= 0.6 is 0 Å². The number of rotatable bonds is 6. The molecule has 4 rings (SSSR count). The topological polar surface area (TPSA) is 96.7 Å². The molecule has 0 unspecified atom stereocenters. The lowest BCUT2D eigenvalue weighted by Crippen LogP contribution is -2.41. The van der Waals surface area contributed by atoms with Gasteiger partial charge in [0.05, 0.1) is 22.5 Å². The number of hydrogen-bond donors (Lipinski definition) is 1. The monoisotopic (exact) mass is 528 g/mol. The summed E-state index contributed by atoms with van der Waals surface area (Å²) in [7, 11) is 0. The van der Waals surface area contributed by atoms with Crippen molar-refractivity contribution in [1.82, 2.24) is 4.98 Å². The zero-order chi connectivity index (χ0) is 27.0. The summed E-state index contributed by atoms with van der Waals surface area (Å²) >= 11 is 0. The summed E-state index contributed by atoms with van der Waals surface area (Å²) in [5.41, 5.74) is -1.51. The molecule has 1 N–H and O–H groups in total. The molecule has 0 radical (unpaired) electrons. The summed E-state index contributed by atoms with van der Waals surface area (Å²) in [5, 5.41) is 9.30. The maximum absolute atomic E-state index is 14.1. The average molecular weight is 528 g/mol. The Balaban J connectivity index is 1.65. The summed E-state index contributed by atoms with van der Waals surface area (Å²) in [6.45, 7) is 0. The van der Waals surface area contributed by atoms with Crippen molar-refractivity contribution < 1.29 is 49.7 Å². The molecule has 2 heterocycles. The predicted molar refractivity (Wildman–Crippen MR) is 110 cm³/mol. The number of hydrazine groups is 1. The Morgan fingerprint density at radius 3 is 2.46 bits per heavy atom. The van der Waals surface area contributed by atoms with Gasteiger partial charge in [0.15, 0.2) is 0 Å². The number of nitriles is 1. The third-order valence-corrected chi connectivity index (χ3v) is 4.76. The van der Waals surface area contributed by atoms with Crippen molar-refractivity contribution in [1.29, 1.82) is 5.26 Å². The standard InChI is InChI=1S/C22H11F7N4O4/c23-20(24,25)16-9-14(35-15-5-6-31-12(7-15)10-30)2-3-18(16)32-33(11-34)13-1-4-19-17(8-13)21(26,27)37-22(28,29)36-19/h1-9,11,32H. The van der Waals surface area contributed by atoms with Crippen LogP contribution in [0, 0.1) is 11.3 Å². The second kappa shape index (κ2) is 9.13. The maximum Gasteiger partial charge on any atom is 0.540 e. The molecule has 0 fully saturated rings. The average Bonchev–Trinajstić information content (AvgIpc) is 2.81. The van der Waals surface area contributed by atoms with Crippen molar-refractivity contribution in [3.63, 3.8) is 0 Å². The smallest absolute Gasteiger partial charge is 0.457 e. The third-order valence-electron chi connectivity index (χ3n) is 4.76. The van der Waals surface area contributed by atoms with E-state index in [0.29, 0.717) is 23.2 Å². The normalized spacial score (nSPS) is 15.5. The fraction of sp³-hybridized carbons (Fsp3) is 0.136. The molecule has 0 atom stereocenters. The molecule has 0 aliphatic carbocycles. The third kappa shape index (κ3) is 5.48. The molecule has 37 heavy (non-hydrogen) atoms. The predicted octanol–water partition coefficient (Wildman–Crippen LogP) is 5.76. The Hall–Kier alpha value is -4.58. The van der Waals surface area contributed by atoms with Crippen molar-refractivity contribution in [3.05, 3.63) is 71.5 Å². The van der Waals surface area contributed by atoms with Crippen molar-refractivity contribution in [2.75, 3.05) is 10.4 Å². The van der Waals surface area contributed by atoms with E-state index in [1.54, 1.807) is 6.07 Å². The lowest BCUT2D eigenvalue weighted by Gasteiger charge is -2.31. The molecule has 1 aliphatic heterocycles. The number of amides is 1. The van der Waals surface area contributed by atoms with Crippen molar-refractivity contribution >= 4 is 17.8 Å². The van der Waals surface area contributed by atoms with Crippen molar-refractivity contribution in [3.8, 4) is 23.3 Å². The molecule has 192 valence electrons. The van der Waals surface area contributed by atoms with Gasteiger partial charge in [-0.25, -0.2) is 14.7 Å². The number of hydrogen-bond acceptors (Lipinski definition) is 7. The molecule has 8 nitrogen and oxygen atoms in total. The highest BCUT2D eigenvalue weighted by molar-refractivity contribution is 5.80. The fourth-order valence-electron chi connectivity index (χ4n) is 3.21. The second-order valence-electron chi connectivity index (χ2n) is 7.25. The van der Waals surface area contributed by atoms with Crippen LogP contribution < -0.4 is 19.9 Å². The Morgan fingerprint density at radius 1 is 1.05 bits per heavy atom. The van der Waals surface area contributed by atoms with E-state index in [1.807, 2.05) is 0 Å². The molecule has 0 spiro atoms. The van der Waals surface area contributed by atoms with Gasteiger partial charge in [0.2, 0.25) is 6.41 Å². The van der Waals surface area contributed by atoms with Gasteiger partial charge in [0, 0.05) is 12.3 Å². The molecule has 3 aromatic rings. The van der Waals surface area contributed by atoms with Crippen molar-refractivity contribution in [2.24, 2.45) is 0 Å². The van der Waals surface area contributed by atoms with Crippen molar-refractivity contribution in [2.45, 2.75) is 18.6 Å². The number of nitrogens with one attached hydrogen (secondary N) is 1. The first-order valence-corrected chi connectivity index (χ1v) is 9.87. The second-order valence-corrected chi connectivity index (χ2v) is 7.25. The number of ether oxygens (including phenoxy) is 3. The summed E-state index contributed by atoms with van der Waals surface area (Å²) in [4.78, 5) is 15.3. The molecule has 0 saturated carbocycles. The first kappa shape index (κ1) is 25.5. The van der Waals surface area contributed by atoms with Crippen LogP contribution in [-0.2, 0) is 21.8 Å². The van der Waals surface area contributed by atoms with Crippen LogP contribution in [0.4, 0.5) is 42.1 Å². The number of aromatic nitrogens is 1. The first-order chi connectivity index (χ1) is 17.3. The fourth-order valence-corrected chi connectivity index (χ4v) is 3.21. The van der Waals surface area contributed by atoms with Gasteiger partial charge in [-0.2, -0.15) is 27.2 Å². The lowest BCUT2D eigenvalue weighted by atomic mass is 10.1. The largest absolute Gasteiger partial charge is 0.540 e. The van der Waals surface area contributed by atoms with E-state index in [4.69, 9.17) is 10.00 Å². The van der Waals surface area contributed by atoms with Crippen LogP contribution in [0.2, 0.25) is 0 Å². The Kier molecular flexibility index (Phi) is 6.30. The lowest BCUT2D eigenvalue weighted by molar-refractivity contribution is -0.461. The summed E-state index contributed by atoms with van der Waals surface area (Å²) in [6.07, 6.45) is -12.9. The Morgan fingerprint density at radius 2 is 1.78 bits per heavy atom. The molecule has 1 aromatic heterocycles. The maximum atomic E-state index is 14.1. The number of pyridine rings is 1. The van der Waals surface area contributed by atoms with Crippen LogP contribution in [0.25, 0.3) is 0 Å². The molecule has 0 bridgehead atoms. The molecule has 2 aromatic carbocycles. The molecule has 15 heteroatoms. The van der Waals surface area contributed by atoms with E-state index in [-0.39, 0.29) is 23.6 Å². The van der Waals surface area contributed by atoms with Gasteiger partial charge in [0.1, 0.15) is 29.0 Å². The van der Waals surface area contributed by atoms with Gasteiger partial charge >= 0.3 is 18.6 Å². The van der Waals surface area contributed by atoms with Gasteiger partial charge in [-0.15, -0.1) is 8.78 Å². The van der Waals surface area contributed by atoms with Gasteiger partial charge in [-0.3, -0.25) is 10.2 Å². The zero-order valence-electron chi connectivity index (χ0n) is 17.9. The van der Waals surface area contributed by atoms with E-state index < -0.39 is 46.8 Å². The number of fused-ring (bicyclic) bond motifs is 1. The van der Waals surface area contributed by atoms with Gasteiger partial charge in [0.25, 0.3) is 0 Å². The minimum atomic E-state index is -4.97. The zero-order valence-corrected chi connectivity index (χ0v) is 17.9. The quantitative estimate of drug-likeness (QED) is 0.247. The number of carbonyl (C=O) groups excluding carboxylic acids is 1. The van der Waals surface area contributed by atoms with E-state index in [0.717, 1.165) is 18.2 Å². The van der Waals surface area contributed by atoms with E-state index in [2.05, 4.69) is 19.9 Å². The highest BCUT2D eigenvalue weighted by Gasteiger charge is 2.54. The summed E-state index contributed by atoms with van der Waals surface area (Å²) in [6, 6.07) is 8.97. The minimum absolute atomic E-state index is 0.0238. The highest BCUT2D eigenvalue weighted by atomic mass is 19.4. The summed E-state index contributed by atoms with van der Waals surface area (Å²) in [5.74, 6) is -1.21. The van der Waals surface area contributed by atoms with Crippen LogP contribution in [0.15, 0.2) is 54.7 Å². The minimum Gasteiger partial charge on any atom is -0.457 e. The molecular weight excluding hydrogens is 517 g/mol. The molecule has 1 aliphatic rings. The van der Waals surface area contributed by atoms with Gasteiger partial charge in [-0.05, 0) is 42.5 Å². The van der Waals surface area contributed by atoms with E-state index in [9.17, 15) is 35.5 Å². The van der Waals surface area contributed by atoms with Gasteiger partial charge < -0.3 is 9.47 Å². The molecule has 1 amide bonds. The SMILES string of the molecule is N#Cc1cc(Oc2ccc(NN(C=O)c3ccc4c(c3)C(F)(F)OC(F)(F)O4)c(C(F)(F)F)c2)ccn1. The van der Waals surface area contributed by atoms with Crippen LogP contribution in [-0.4, -0.2) is 17.7 Å². The Labute approximate surface area is 202 Å². The molecule has 0 saturated heterocycles. The summed E-state index contributed by atoms with van der Waals surface area (Å²) < 4.78 is 109. The number of nitrogens with zero attached hydrogens (tertiary/aromatic N) is 3. The first-order valence-electron chi connectivity index (χ1n) is 9.87. The number of benzene rings is 2. The van der Waals surface area contributed by atoms with E-state index >= 15 is 0 Å². The molecular formula is C22H11F7N4O4. The number of anilines is 2. The van der Waals surface area contributed by atoms with Crippen LogP contribution in [0.1, 0.15) is 16.8 Å². The van der Waals surface area contributed by atoms with Crippen LogP contribution in [0.5, 0.6) is 17.2 Å².